The van der Waals surface area contributed by atoms with Gasteiger partial charge in [0.2, 0.25) is 0 Å². The van der Waals surface area contributed by atoms with Crippen LogP contribution in [0.3, 0.4) is 0 Å². The molecule has 216 valence electrons. The zero-order chi connectivity index (χ0) is 29.8. The number of amides is 1. The van der Waals surface area contributed by atoms with Gasteiger partial charge in [0.15, 0.2) is 0 Å². The van der Waals surface area contributed by atoms with E-state index in [0.29, 0.717) is 46.4 Å². The molecule has 1 amide bonds. The van der Waals surface area contributed by atoms with Gasteiger partial charge in [0, 0.05) is 57.8 Å². The van der Waals surface area contributed by atoms with Crippen LogP contribution in [-0.2, 0) is 0 Å². The molecule has 6 N–H and O–H groups in total. The average Bonchev–Trinajstić information content (AvgIpc) is 3.60. The summed E-state index contributed by atoms with van der Waals surface area (Å²) in [5, 5.41) is 20.9. The van der Waals surface area contributed by atoms with Crippen LogP contribution in [0.2, 0.25) is 0 Å². The second kappa shape index (κ2) is 10.6. The van der Waals surface area contributed by atoms with Crippen LogP contribution >= 0.6 is 23.8 Å². The number of hydrogen-bond acceptors (Lipinski definition) is 6. The van der Waals surface area contributed by atoms with Gasteiger partial charge in [-0.15, -0.1) is 11.6 Å². The van der Waals surface area contributed by atoms with Crippen LogP contribution in [-0.4, -0.2) is 39.8 Å². The number of carbonyl (C=O) groups is 1. The number of aliphatic hydroxyl groups excluding tert-OH is 1. The highest BCUT2D eigenvalue weighted by atomic mass is 35.5. The molecular weight excluding hydrogens is 582 g/mol. The number of halogens is 1. The van der Waals surface area contributed by atoms with E-state index in [-0.39, 0.29) is 17.0 Å². The van der Waals surface area contributed by atoms with Crippen molar-refractivity contribution >= 4 is 85.4 Å². The molecule has 7 rings (SSSR count). The third-order valence-corrected chi connectivity index (χ3v) is 8.67. The monoisotopic (exact) mass is 609 g/mol. The number of H-pyrrole nitrogens is 1. The summed E-state index contributed by atoms with van der Waals surface area (Å²) in [5.41, 5.74) is 12.9. The Labute approximate surface area is 258 Å². The van der Waals surface area contributed by atoms with E-state index in [2.05, 4.69) is 21.7 Å². The smallest absolute Gasteiger partial charge is 0.272 e. The van der Waals surface area contributed by atoms with E-state index >= 15 is 0 Å². The van der Waals surface area contributed by atoms with Gasteiger partial charge in [-0.3, -0.25) is 4.79 Å². The van der Waals surface area contributed by atoms with Gasteiger partial charge >= 0.3 is 0 Å². The van der Waals surface area contributed by atoms with E-state index in [1.165, 1.54) is 0 Å². The van der Waals surface area contributed by atoms with Crippen LogP contribution in [0, 0.1) is 0 Å². The van der Waals surface area contributed by atoms with Crippen molar-refractivity contribution in [1.82, 2.24) is 4.98 Å². The van der Waals surface area contributed by atoms with Crippen molar-refractivity contribution in [2.45, 2.75) is 19.1 Å². The number of rotatable bonds is 6. The average molecular weight is 610 g/mol. The fourth-order valence-electron chi connectivity index (χ4n) is 6.06. The molecule has 2 aliphatic rings. The molecule has 1 unspecified atom stereocenters. The number of aromatic amines is 1. The number of fused-ring (bicyclic) bond motifs is 3. The van der Waals surface area contributed by atoms with Gasteiger partial charge in [0.25, 0.3) is 11.1 Å². The van der Waals surface area contributed by atoms with Gasteiger partial charge in [-0.25, -0.2) is 0 Å². The molecule has 0 saturated carbocycles. The molecule has 2 atom stereocenters. The van der Waals surface area contributed by atoms with E-state index in [9.17, 15) is 9.90 Å². The lowest BCUT2D eigenvalue weighted by atomic mass is 9.94. The number of nitrogens with one attached hydrogen (secondary N) is 3. The number of aromatic nitrogens is 1. The van der Waals surface area contributed by atoms with Crippen molar-refractivity contribution in [2.75, 3.05) is 33.7 Å². The first kappa shape index (κ1) is 27.3. The first-order valence-corrected chi connectivity index (χ1v) is 14.8. The quantitative estimate of drug-likeness (QED) is 0.0816. The molecule has 0 radical (unpaired) electrons. The molecule has 0 bridgehead atoms. The van der Waals surface area contributed by atoms with Gasteiger partial charge in [-0.2, -0.15) is 0 Å². The summed E-state index contributed by atoms with van der Waals surface area (Å²) < 4.78 is 5.90. The Kier molecular flexibility index (Phi) is 6.73. The number of hydrogen-bond donors (Lipinski definition) is 5. The molecular formula is C33H28ClN5O3S. The van der Waals surface area contributed by atoms with Crippen molar-refractivity contribution in [3.05, 3.63) is 95.2 Å². The van der Waals surface area contributed by atoms with E-state index in [1.807, 2.05) is 66.4 Å². The Morgan fingerprint density at radius 1 is 1.21 bits per heavy atom. The summed E-state index contributed by atoms with van der Waals surface area (Å²) >= 11 is 11.8. The number of nitrogen functional groups attached to an aromatic ring is 1. The second-order valence-electron chi connectivity index (χ2n) is 10.9. The first-order valence-electron chi connectivity index (χ1n) is 13.9. The number of para-hydroxylation sites is 1. The van der Waals surface area contributed by atoms with Crippen LogP contribution in [0.1, 0.15) is 34.5 Å². The zero-order valence-electron chi connectivity index (χ0n) is 23.1. The Hall–Kier alpha value is -4.57. The number of benzene rings is 4. The van der Waals surface area contributed by atoms with E-state index < -0.39 is 6.23 Å². The number of nitrogens with two attached hydrogens (primary N) is 1. The van der Waals surface area contributed by atoms with Gasteiger partial charge in [0.05, 0.1) is 5.69 Å². The van der Waals surface area contributed by atoms with Gasteiger partial charge in [-0.1, -0.05) is 30.3 Å². The highest BCUT2D eigenvalue weighted by Gasteiger charge is 2.36. The zero-order valence-corrected chi connectivity index (χ0v) is 24.7. The highest BCUT2D eigenvalue weighted by molar-refractivity contribution is 7.80. The highest BCUT2D eigenvalue weighted by Crippen LogP contribution is 2.49. The molecule has 4 aromatic carbocycles. The summed E-state index contributed by atoms with van der Waals surface area (Å²) in [6.07, 6.45) is 0.878. The molecule has 8 nitrogen and oxygen atoms in total. The maximum Gasteiger partial charge on any atom is 0.272 e. The van der Waals surface area contributed by atoms with Gasteiger partial charge in [0.1, 0.15) is 17.7 Å². The Bertz CT molecular complexity index is 1950. The third kappa shape index (κ3) is 4.75. The molecule has 10 heteroatoms. The van der Waals surface area contributed by atoms with Crippen molar-refractivity contribution < 1.29 is 14.6 Å². The summed E-state index contributed by atoms with van der Waals surface area (Å²) in [6, 6.07) is 22.8. The van der Waals surface area contributed by atoms with E-state index in [0.717, 1.165) is 38.6 Å². The minimum atomic E-state index is -0.961. The first-order chi connectivity index (χ1) is 20.8. The number of ether oxygens (including phenoxy) is 1. The molecule has 1 aromatic heterocycles. The van der Waals surface area contributed by atoms with E-state index in [1.54, 1.807) is 18.2 Å². The maximum absolute atomic E-state index is 13.0. The SMILES string of the molecule is C/C(=C\c1cc(NC(=O)c2cc3ccccc3[nH]2)ccc1N)C(O)N1C[C@@H](CCl)c2c1cc1c3c(cccc23)NC(=S)O1. The number of thiocarbonyl (C=S) groups is 1. The summed E-state index contributed by atoms with van der Waals surface area (Å²) in [5.74, 6) is 0.787. The minimum absolute atomic E-state index is 0.00513. The van der Waals surface area contributed by atoms with Crippen molar-refractivity contribution in [1.29, 1.82) is 0 Å². The minimum Gasteiger partial charge on any atom is -0.431 e. The van der Waals surface area contributed by atoms with Crippen LogP contribution in [0.25, 0.3) is 27.8 Å². The predicted molar refractivity (Wildman–Crippen MR) is 178 cm³/mol. The Morgan fingerprint density at radius 3 is 2.86 bits per heavy atom. The largest absolute Gasteiger partial charge is 0.431 e. The third-order valence-electron chi connectivity index (χ3n) is 8.11. The van der Waals surface area contributed by atoms with Gasteiger partial charge in [-0.05, 0) is 83.7 Å². The van der Waals surface area contributed by atoms with Crippen LogP contribution < -0.4 is 26.0 Å². The lowest BCUT2D eigenvalue weighted by molar-refractivity contribution is 0.102. The van der Waals surface area contributed by atoms with Crippen LogP contribution in [0.5, 0.6) is 5.75 Å². The fraction of sp³-hybridized carbons (Fsp3) is 0.152. The van der Waals surface area contributed by atoms with Crippen LogP contribution in [0.4, 0.5) is 22.7 Å². The Balaban J connectivity index is 1.19. The molecule has 5 aromatic rings. The molecule has 0 spiro atoms. The molecule has 43 heavy (non-hydrogen) atoms. The predicted octanol–water partition coefficient (Wildman–Crippen LogP) is 6.81. The molecule has 0 aliphatic carbocycles. The van der Waals surface area contributed by atoms with Gasteiger partial charge < -0.3 is 36.1 Å². The fourth-order valence-corrected chi connectivity index (χ4v) is 6.51. The summed E-state index contributed by atoms with van der Waals surface area (Å²) in [7, 11) is 0. The molecule has 0 saturated heterocycles. The number of nitrogens with zero attached hydrogens (tertiary/aromatic N) is 1. The Morgan fingerprint density at radius 2 is 2.05 bits per heavy atom. The van der Waals surface area contributed by atoms with Crippen molar-refractivity contribution in [2.24, 2.45) is 0 Å². The summed E-state index contributed by atoms with van der Waals surface area (Å²) in [6.45, 7) is 2.38. The van der Waals surface area contributed by atoms with Crippen molar-refractivity contribution in [3.63, 3.8) is 0 Å². The standard InChI is InChI=1S/C33H28ClN5O3S/c1-17(11-19-12-21(9-10-23(19)35)36-31(40)26-13-18-5-2-3-7-24(18)37-26)32(41)39-16-20(15-34)29-22-6-4-8-25-30(22)28(14-27(29)39)42-33(43)38-25/h2-14,20,32,37,41H,15-16,35H2,1H3,(H,36,40)(H,38,43)/b17-11+/t20-,32?/m1/s1. The topological polar surface area (TPSA) is 116 Å². The van der Waals surface area contributed by atoms with E-state index in [4.69, 9.17) is 34.3 Å². The normalized spacial score (nSPS) is 16.6. The number of anilines is 4. The molecule has 2 aliphatic heterocycles. The van der Waals surface area contributed by atoms with Crippen LogP contribution in [0.15, 0.2) is 78.4 Å². The van der Waals surface area contributed by atoms with Crippen molar-refractivity contribution in [3.8, 4) is 5.75 Å². The maximum atomic E-state index is 13.0. The lowest BCUT2D eigenvalue weighted by Gasteiger charge is -2.28. The number of carbonyl (C=O) groups excluding carboxylic acids is 1. The second-order valence-corrected chi connectivity index (χ2v) is 11.6. The summed E-state index contributed by atoms with van der Waals surface area (Å²) in [4.78, 5) is 18.1. The molecule has 0 fully saturated rings. The lowest BCUT2D eigenvalue weighted by Crippen LogP contribution is -2.35. The number of aliphatic hydroxyl groups is 1. The number of alkyl halides is 1. The molecule has 3 heterocycles.